The van der Waals surface area contributed by atoms with Crippen molar-refractivity contribution in [1.82, 2.24) is 4.98 Å². The van der Waals surface area contributed by atoms with Gasteiger partial charge in [-0.05, 0) is 13.0 Å². The molecule has 0 unspecified atom stereocenters. The second kappa shape index (κ2) is 1.30. The van der Waals surface area contributed by atoms with Crippen LogP contribution in [-0.4, -0.2) is 10.1 Å². The van der Waals surface area contributed by atoms with Crippen molar-refractivity contribution < 1.29 is 5.11 Å². The number of aromatic nitrogens is 1. The van der Waals surface area contributed by atoms with Crippen LogP contribution < -0.4 is 0 Å². The van der Waals surface area contributed by atoms with Crippen LogP contribution in [0.2, 0.25) is 0 Å². The third-order valence-electron chi connectivity index (χ3n) is 0.927. The summed E-state index contributed by atoms with van der Waals surface area (Å²) >= 11 is 0. The normalized spacial score (nSPS) is 9.29. The van der Waals surface area contributed by atoms with Crippen LogP contribution in [0.5, 0.6) is 5.88 Å². The third kappa shape index (κ3) is 0.585. The summed E-state index contributed by atoms with van der Waals surface area (Å²) in [6, 6.07) is 1.81. The van der Waals surface area contributed by atoms with Crippen molar-refractivity contribution in [2.24, 2.45) is 0 Å². The molecule has 1 rings (SSSR count). The molecule has 7 heavy (non-hydrogen) atoms. The van der Waals surface area contributed by atoms with E-state index in [0.29, 0.717) is 0 Å². The summed E-state index contributed by atoms with van der Waals surface area (Å²) in [4.78, 5) is 2.62. The number of hydrogen-bond acceptors (Lipinski definition) is 1. The maximum Gasteiger partial charge on any atom is 0.191 e. The maximum absolute atomic E-state index is 8.70. The number of aryl methyl sites for hydroxylation is 1. The fraction of sp³-hybridized carbons (Fsp3) is 0.200. The van der Waals surface area contributed by atoms with E-state index in [0.717, 1.165) is 5.56 Å². The molecule has 0 aliphatic rings. The Labute approximate surface area is 41.8 Å². The molecule has 2 nitrogen and oxygen atoms in total. The number of aromatic hydroxyl groups is 1. The van der Waals surface area contributed by atoms with Gasteiger partial charge in [-0.1, -0.05) is 0 Å². The van der Waals surface area contributed by atoms with Crippen molar-refractivity contribution in [2.45, 2.75) is 6.92 Å². The Morgan fingerprint density at radius 2 is 2.43 bits per heavy atom. The van der Waals surface area contributed by atoms with Gasteiger partial charge in [-0.15, -0.1) is 0 Å². The standard InChI is InChI=1S/C5H7NO/c1-4-2-3-6-5(4)7/h2-3,6-7H,1H3. The Bertz CT molecular complexity index is 140. The first-order valence-corrected chi connectivity index (χ1v) is 2.13. The van der Waals surface area contributed by atoms with E-state index in [9.17, 15) is 0 Å². The lowest BCUT2D eigenvalue weighted by Crippen LogP contribution is -1.61. The first kappa shape index (κ1) is 4.24. The molecule has 2 heteroatoms. The molecule has 1 heterocycles. The zero-order chi connectivity index (χ0) is 5.28. The summed E-state index contributed by atoms with van der Waals surface area (Å²) in [5, 5.41) is 8.70. The van der Waals surface area contributed by atoms with E-state index in [1.54, 1.807) is 6.20 Å². The number of rotatable bonds is 0. The summed E-state index contributed by atoms with van der Waals surface area (Å²) in [6.07, 6.45) is 1.70. The Morgan fingerprint density at radius 3 is 2.57 bits per heavy atom. The molecular weight excluding hydrogens is 90.1 g/mol. The predicted octanol–water partition coefficient (Wildman–Crippen LogP) is 1.03. The van der Waals surface area contributed by atoms with E-state index in [1.165, 1.54) is 0 Å². The van der Waals surface area contributed by atoms with Gasteiger partial charge in [0.1, 0.15) is 0 Å². The van der Waals surface area contributed by atoms with Crippen LogP contribution in [0, 0.1) is 6.92 Å². The van der Waals surface area contributed by atoms with E-state index < -0.39 is 0 Å². The van der Waals surface area contributed by atoms with Gasteiger partial charge in [0.05, 0.1) is 0 Å². The van der Waals surface area contributed by atoms with Gasteiger partial charge in [0.25, 0.3) is 0 Å². The SMILES string of the molecule is Cc1cc[nH]c1O. The number of nitrogens with one attached hydrogen (secondary N) is 1. The fourth-order valence-corrected chi connectivity index (χ4v) is 0.438. The average molecular weight is 97.1 g/mol. The van der Waals surface area contributed by atoms with Crippen molar-refractivity contribution in [1.29, 1.82) is 0 Å². The molecule has 0 fully saturated rings. The van der Waals surface area contributed by atoms with Gasteiger partial charge in [0.15, 0.2) is 5.88 Å². The van der Waals surface area contributed by atoms with Gasteiger partial charge in [-0.3, -0.25) is 0 Å². The molecule has 0 aliphatic heterocycles. The van der Waals surface area contributed by atoms with E-state index >= 15 is 0 Å². The number of H-pyrrole nitrogens is 1. The molecule has 0 saturated carbocycles. The summed E-state index contributed by atoms with van der Waals surface area (Å²) in [6.45, 7) is 1.84. The minimum absolute atomic E-state index is 0.264. The van der Waals surface area contributed by atoms with Gasteiger partial charge in [0, 0.05) is 11.8 Å². The molecule has 0 aromatic carbocycles. The summed E-state index contributed by atoms with van der Waals surface area (Å²) < 4.78 is 0. The Morgan fingerprint density at radius 1 is 1.71 bits per heavy atom. The Hall–Kier alpha value is -0.920. The van der Waals surface area contributed by atoms with E-state index in [2.05, 4.69) is 4.98 Å². The average Bonchev–Trinajstić information content (AvgIpc) is 1.91. The molecule has 0 amide bonds. The molecule has 0 atom stereocenters. The monoisotopic (exact) mass is 97.1 g/mol. The summed E-state index contributed by atoms with van der Waals surface area (Å²) in [5.74, 6) is 0.264. The van der Waals surface area contributed by atoms with Crippen molar-refractivity contribution in [3.63, 3.8) is 0 Å². The van der Waals surface area contributed by atoms with Crippen molar-refractivity contribution in [3.8, 4) is 5.88 Å². The highest BCUT2D eigenvalue weighted by Gasteiger charge is 1.89. The van der Waals surface area contributed by atoms with Gasteiger partial charge in [-0.2, -0.15) is 0 Å². The van der Waals surface area contributed by atoms with Crippen LogP contribution in [0.1, 0.15) is 5.56 Å². The van der Waals surface area contributed by atoms with Crippen molar-refractivity contribution in [2.75, 3.05) is 0 Å². The molecule has 0 saturated heterocycles. The lowest BCUT2D eigenvalue weighted by molar-refractivity contribution is 0.453. The highest BCUT2D eigenvalue weighted by Crippen LogP contribution is 2.09. The largest absolute Gasteiger partial charge is 0.494 e. The molecule has 1 aromatic rings. The van der Waals surface area contributed by atoms with Crippen LogP contribution >= 0.6 is 0 Å². The number of aromatic amines is 1. The first-order valence-electron chi connectivity index (χ1n) is 2.13. The summed E-state index contributed by atoms with van der Waals surface area (Å²) in [5.41, 5.74) is 0.889. The Kier molecular flexibility index (Phi) is 0.785. The van der Waals surface area contributed by atoms with Crippen LogP contribution in [0.3, 0.4) is 0 Å². The molecule has 1 aromatic heterocycles. The molecule has 0 aliphatic carbocycles. The lowest BCUT2D eigenvalue weighted by atomic mass is 10.4. The Balaban J connectivity index is 3.12. The minimum Gasteiger partial charge on any atom is -0.494 e. The third-order valence-corrected chi connectivity index (χ3v) is 0.927. The quantitative estimate of drug-likeness (QED) is 0.498. The van der Waals surface area contributed by atoms with Crippen LogP contribution in [-0.2, 0) is 0 Å². The van der Waals surface area contributed by atoms with Gasteiger partial charge < -0.3 is 10.1 Å². The maximum atomic E-state index is 8.70. The highest BCUT2D eigenvalue weighted by molar-refractivity contribution is 5.22. The van der Waals surface area contributed by atoms with Crippen molar-refractivity contribution in [3.05, 3.63) is 17.8 Å². The summed E-state index contributed by atoms with van der Waals surface area (Å²) in [7, 11) is 0. The van der Waals surface area contributed by atoms with Crippen LogP contribution in [0.4, 0.5) is 0 Å². The van der Waals surface area contributed by atoms with E-state index in [-0.39, 0.29) is 5.88 Å². The van der Waals surface area contributed by atoms with Crippen LogP contribution in [0.15, 0.2) is 12.3 Å². The highest BCUT2D eigenvalue weighted by atomic mass is 16.3. The van der Waals surface area contributed by atoms with Gasteiger partial charge in [0.2, 0.25) is 0 Å². The fourth-order valence-electron chi connectivity index (χ4n) is 0.438. The lowest BCUT2D eigenvalue weighted by Gasteiger charge is -1.80. The zero-order valence-corrected chi connectivity index (χ0v) is 4.10. The molecule has 0 radical (unpaired) electrons. The second-order valence-corrected chi connectivity index (χ2v) is 1.51. The van der Waals surface area contributed by atoms with Gasteiger partial charge >= 0.3 is 0 Å². The molecule has 38 valence electrons. The van der Waals surface area contributed by atoms with Crippen molar-refractivity contribution >= 4 is 0 Å². The zero-order valence-electron chi connectivity index (χ0n) is 4.10. The molecule has 0 spiro atoms. The van der Waals surface area contributed by atoms with E-state index in [4.69, 9.17) is 5.11 Å². The topological polar surface area (TPSA) is 36.0 Å². The predicted molar refractivity (Wildman–Crippen MR) is 27.2 cm³/mol. The second-order valence-electron chi connectivity index (χ2n) is 1.51. The minimum atomic E-state index is 0.264. The number of hydrogen-bond donors (Lipinski definition) is 2. The van der Waals surface area contributed by atoms with Crippen LogP contribution in [0.25, 0.3) is 0 Å². The molecule has 2 N–H and O–H groups in total. The van der Waals surface area contributed by atoms with E-state index in [1.807, 2.05) is 13.0 Å². The first-order chi connectivity index (χ1) is 3.30. The smallest absolute Gasteiger partial charge is 0.191 e. The van der Waals surface area contributed by atoms with Gasteiger partial charge in [-0.25, -0.2) is 0 Å². The molecule has 0 bridgehead atoms. The molecular formula is C5H7NO.